The smallest absolute Gasteiger partial charge is 0.257 e. The Morgan fingerprint density at radius 3 is 2.67 bits per heavy atom. The monoisotopic (exact) mass is 357 g/mol. The molecule has 0 saturated heterocycles. The first-order valence-corrected chi connectivity index (χ1v) is 7.52. The lowest BCUT2D eigenvalue weighted by atomic mass is 10.1. The summed E-state index contributed by atoms with van der Waals surface area (Å²) < 4.78 is 0.982. The summed E-state index contributed by atoms with van der Waals surface area (Å²) in [5.41, 5.74) is 0.453. The van der Waals surface area contributed by atoms with Crippen LogP contribution in [-0.2, 0) is 0 Å². The van der Waals surface area contributed by atoms with Crippen molar-refractivity contribution in [1.29, 1.82) is 0 Å². The van der Waals surface area contributed by atoms with Crippen LogP contribution in [-0.4, -0.2) is 28.5 Å². The van der Waals surface area contributed by atoms with Crippen LogP contribution >= 0.6 is 22.6 Å². The molecule has 0 aliphatic heterocycles. The fourth-order valence-corrected chi connectivity index (χ4v) is 2.69. The Morgan fingerprint density at radius 2 is 2.06 bits per heavy atom. The summed E-state index contributed by atoms with van der Waals surface area (Å²) in [4.78, 5) is 14.5. The van der Waals surface area contributed by atoms with E-state index in [2.05, 4.69) is 22.6 Å². The quantitative estimate of drug-likeness (QED) is 0.842. The summed E-state index contributed by atoms with van der Waals surface area (Å²) in [5, 5.41) is 9.86. The molecule has 2 aliphatic rings. The van der Waals surface area contributed by atoms with E-state index in [9.17, 15) is 9.90 Å². The standard InChI is InChI=1S/C14H16INO2/c15-10-3-6-13(17)12(7-10)14(18)16(11-4-5-11)8-9-1-2-9/h3,6-7,9,11,17H,1-2,4-5,8H2. The zero-order valence-electron chi connectivity index (χ0n) is 10.1. The Labute approximate surface area is 120 Å². The minimum atomic E-state index is 0.000385. The fourth-order valence-electron chi connectivity index (χ4n) is 2.20. The van der Waals surface area contributed by atoms with E-state index in [1.54, 1.807) is 12.1 Å². The second-order valence-corrected chi connectivity index (χ2v) is 6.54. The van der Waals surface area contributed by atoms with E-state index < -0.39 is 0 Å². The maximum atomic E-state index is 12.5. The van der Waals surface area contributed by atoms with Gasteiger partial charge in [0.1, 0.15) is 5.75 Å². The van der Waals surface area contributed by atoms with E-state index in [1.165, 1.54) is 12.8 Å². The molecule has 1 aromatic rings. The molecule has 0 aromatic heterocycles. The predicted molar refractivity (Wildman–Crippen MR) is 77.6 cm³/mol. The molecule has 0 bridgehead atoms. The van der Waals surface area contributed by atoms with Gasteiger partial charge in [0.25, 0.3) is 5.91 Å². The van der Waals surface area contributed by atoms with Crippen molar-refractivity contribution < 1.29 is 9.90 Å². The number of carbonyl (C=O) groups excluding carboxylic acids is 1. The van der Waals surface area contributed by atoms with Gasteiger partial charge in [-0.1, -0.05) is 0 Å². The molecule has 0 spiro atoms. The summed E-state index contributed by atoms with van der Waals surface area (Å²) in [7, 11) is 0. The molecule has 0 heterocycles. The molecule has 3 rings (SSSR count). The molecule has 1 aromatic carbocycles. The van der Waals surface area contributed by atoms with Crippen molar-refractivity contribution in [2.24, 2.45) is 5.92 Å². The SMILES string of the molecule is O=C(c1cc(I)ccc1O)N(CC1CC1)C1CC1. The van der Waals surface area contributed by atoms with E-state index >= 15 is 0 Å². The number of amides is 1. The van der Waals surface area contributed by atoms with E-state index in [-0.39, 0.29) is 11.7 Å². The number of hydrogen-bond donors (Lipinski definition) is 1. The van der Waals surface area contributed by atoms with Crippen molar-refractivity contribution in [3.63, 3.8) is 0 Å². The molecular formula is C14H16INO2. The number of halogens is 1. The average Bonchev–Trinajstić information content (AvgIpc) is 3.21. The average molecular weight is 357 g/mol. The van der Waals surface area contributed by atoms with Gasteiger partial charge in [0.2, 0.25) is 0 Å². The highest BCUT2D eigenvalue weighted by molar-refractivity contribution is 14.1. The van der Waals surface area contributed by atoms with Crippen LogP contribution in [0.1, 0.15) is 36.0 Å². The third kappa shape index (κ3) is 2.63. The van der Waals surface area contributed by atoms with Gasteiger partial charge in [-0.3, -0.25) is 4.79 Å². The Morgan fingerprint density at radius 1 is 1.33 bits per heavy atom. The number of hydrogen-bond acceptors (Lipinski definition) is 2. The second-order valence-electron chi connectivity index (χ2n) is 5.29. The van der Waals surface area contributed by atoms with Crippen LogP contribution in [0.25, 0.3) is 0 Å². The van der Waals surface area contributed by atoms with Gasteiger partial charge in [0.15, 0.2) is 0 Å². The molecule has 96 valence electrons. The van der Waals surface area contributed by atoms with Crippen molar-refractivity contribution in [3.05, 3.63) is 27.3 Å². The summed E-state index contributed by atoms with van der Waals surface area (Å²) in [6, 6.07) is 5.61. The van der Waals surface area contributed by atoms with Crippen molar-refractivity contribution >= 4 is 28.5 Å². The molecule has 2 fully saturated rings. The predicted octanol–water partition coefficient (Wildman–Crippen LogP) is 3.01. The summed E-state index contributed by atoms with van der Waals surface area (Å²) in [5.74, 6) is 0.793. The van der Waals surface area contributed by atoms with Gasteiger partial charge in [-0.25, -0.2) is 0 Å². The highest BCUT2D eigenvalue weighted by Gasteiger charge is 2.37. The molecule has 0 radical (unpaired) electrons. The van der Waals surface area contributed by atoms with Gasteiger partial charge in [-0.15, -0.1) is 0 Å². The number of aromatic hydroxyl groups is 1. The van der Waals surface area contributed by atoms with Gasteiger partial charge in [0.05, 0.1) is 5.56 Å². The number of phenols is 1. The molecular weight excluding hydrogens is 341 g/mol. The Balaban J connectivity index is 1.83. The zero-order valence-corrected chi connectivity index (χ0v) is 12.3. The van der Waals surface area contributed by atoms with Crippen molar-refractivity contribution in [1.82, 2.24) is 4.90 Å². The number of benzene rings is 1. The molecule has 2 aliphatic carbocycles. The van der Waals surface area contributed by atoms with Gasteiger partial charge in [-0.05, 0) is 72.4 Å². The van der Waals surface area contributed by atoms with Crippen molar-refractivity contribution in [3.8, 4) is 5.75 Å². The minimum absolute atomic E-state index is 0.000385. The number of phenolic OH excluding ortho intramolecular Hbond substituents is 1. The summed E-state index contributed by atoms with van der Waals surface area (Å²) >= 11 is 2.17. The Hall–Kier alpha value is -0.780. The minimum Gasteiger partial charge on any atom is -0.507 e. The fraction of sp³-hybridized carbons (Fsp3) is 0.500. The number of carbonyl (C=O) groups is 1. The van der Waals surface area contributed by atoms with Gasteiger partial charge in [0, 0.05) is 16.2 Å². The third-order valence-corrected chi connectivity index (χ3v) is 4.26. The second kappa shape index (κ2) is 4.72. The summed E-state index contributed by atoms with van der Waals surface area (Å²) in [6.07, 6.45) is 4.72. The van der Waals surface area contributed by atoms with Gasteiger partial charge < -0.3 is 10.0 Å². The Bertz CT molecular complexity index is 481. The van der Waals surface area contributed by atoms with Crippen molar-refractivity contribution in [2.45, 2.75) is 31.7 Å². The lowest BCUT2D eigenvalue weighted by Crippen LogP contribution is -2.35. The molecule has 1 N–H and O–H groups in total. The molecule has 1 amide bonds. The zero-order chi connectivity index (χ0) is 12.7. The number of nitrogens with zero attached hydrogens (tertiary/aromatic N) is 1. The van der Waals surface area contributed by atoms with E-state index in [4.69, 9.17) is 0 Å². The van der Waals surface area contributed by atoms with E-state index in [1.807, 2.05) is 11.0 Å². The first-order valence-electron chi connectivity index (χ1n) is 6.44. The maximum absolute atomic E-state index is 12.5. The van der Waals surface area contributed by atoms with E-state index in [0.717, 1.165) is 23.0 Å². The highest BCUT2D eigenvalue weighted by atomic mass is 127. The molecule has 2 saturated carbocycles. The maximum Gasteiger partial charge on any atom is 0.257 e. The molecule has 3 nitrogen and oxygen atoms in total. The highest BCUT2D eigenvalue weighted by Crippen LogP contribution is 2.36. The molecule has 4 heteroatoms. The lowest BCUT2D eigenvalue weighted by Gasteiger charge is -2.23. The largest absolute Gasteiger partial charge is 0.507 e. The van der Waals surface area contributed by atoms with Gasteiger partial charge >= 0.3 is 0 Å². The van der Waals surface area contributed by atoms with Crippen LogP contribution in [0.3, 0.4) is 0 Å². The first kappa shape index (κ1) is 12.3. The Kier molecular flexibility index (Phi) is 3.21. The van der Waals surface area contributed by atoms with Crippen LogP contribution < -0.4 is 0 Å². The van der Waals surface area contributed by atoms with E-state index in [0.29, 0.717) is 17.5 Å². The van der Waals surface area contributed by atoms with Gasteiger partial charge in [-0.2, -0.15) is 0 Å². The molecule has 0 atom stereocenters. The topological polar surface area (TPSA) is 40.5 Å². The van der Waals surface area contributed by atoms with Crippen LogP contribution in [0.15, 0.2) is 18.2 Å². The number of rotatable bonds is 4. The summed E-state index contributed by atoms with van der Waals surface area (Å²) in [6.45, 7) is 0.869. The van der Waals surface area contributed by atoms with Crippen LogP contribution in [0.2, 0.25) is 0 Å². The normalized spacial score (nSPS) is 18.7. The molecule has 18 heavy (non-hydrogen) atoms. The third-order valence-electron chi connectivity index (χ3n) is 3.59. The van der Waals surface area contributed by atoms with Crippen LogP contribution in [0.5, 0.6) is 5.75 Å². The van der Waals surface area contributed by atoms with Crippen LogP contribution in [0.4, 0.5) is 0 Å². The lowest BCUT2D eigenvalue weighted by molar-refractivity contribution is 0.0731. The van der Waals surface area contributed by atoms with Crippen LogP contribution in [0, 0.1) is 9.49 Å². The first-order chi connectivity index (χ1) is 8.65. The van der Waals surface area contributed by atoms with Crippen molar-refractivity contribution in [2.75, 3.05) is 6.54 Å². The molecule has 0 unspecified atom stereocenters.